The molecule has 0 aromatic heterocycles. The number of para-hydroxylation sites is 1. The molecule has 5 heteroatoms. The van der Waals surface area contributed by atoms with Gasteiger partial charge in [-0.3, -0.25) is 4.90 Å². The number of ether oxygens (including phenoxy) is 1. The SMILES string of the molecule is O=S1(=O)CC[C@@H](CCN2CCOc3ccccc3C2)C1. The smallest absolute Gasteiger partial charge is 0.150 e. The minimum atomic E-state index is -2.75. The summed E-state index contributed by atoms with van der Waals surface area (Å²) in [5.74, 6) is 2.09. The summed E-state index contributed by atoms with van der Waals surface area (Å²) in [5, 5.41) is 0. The summed E-state index contributed by atoms with van der Waals surface area (Å²) in [6, 6.07) is 8.16. The second kappa shape index (κ2) is 5.74. The van der Waals surface area contributed by atoms with Gasteiger partial charge in [-0.15, -0.1) is 0 Å². The largest absolute Gasteiger partial charge is 0.492 e. The number of hydrogen-bond acceptors (Lipinski definition) is 4. The summed E-state index contributed by atoms with van der Waals surface area (Å²) >= 11 is 0. The Morgan fingerprint density at radius 3 is 2.95 bits per heavy atom. The molecule has 20 heavy (non-hydrogen) atoms. The molecule has 2 aliphatic heterocycles. The van der Waals surface area contributed by atoms with Gasteiger partial charge in [0.2, 0.25) is 0 Å². The highest BCUT2D eigenvalue weighted by atomic mass is 32.2. The first-order valence-corrected chi connectivity index (χ1v) is 9.08. The summed E-state index contributed by atoms with van der Waals surface area (Å²) in [5.41, 5.74) is 1.23. The van der Waals surface area contributed by atoms with Crippen molar-refractivity contribution in [1.29, 1.82) is 0 Å². The molecule has 2 heterocycles. The Hall–Kier alpha value is -1.07. The van der Waals surface area contributed by atoms with E-state index in [1.165, 1.54) is 5.56 Å². The Bertz CT molecular complexity index is 570. The third-order valence-electron chi connectivity index (χ3n) is 4.21. The van der Waals surface area contributed by atoms with Crippen LogP contribution in [0.15, 0.2) is 24.3 Å². The van der Waals surface area contributed by atoms with Gasteiger partial charge in [-0.05, 0) is 31.4 Å². The van der Waals surface area contributed by atoms with E-state index in [-0.39, 0.29) is 0 Å². The molecule has 0 unspecified atom stereocenters. The summed E-state index contributed by atoms with van der Waals surface area (Å²) < 4.78 is 28.7. The Balaban J connectivity index is 1.56. The van der Waals surface area contributed by atoms with Crippen LogP contribution in [0.1, 0.15) is 18.4 Å². The maximum Gasteiger partial charge on any atom is 0.150 e. The van der Waals surface area contributed by atoms with Crippen LogP contribution in [0.25, 0.3) is 0 Å². The maximum absolute atomic E-state index is 11.5. The fourth-order valence-corrected chi connectivity index (χ4v) is 4.95. The van der Waals surface area contributed by atoms with Crippen molar-refractivity contribution in [2.24, 2.45) is 5.92 Å². The molecule has 0 bridgehead atoms. The Morgan fingerprint density at radius 2 is 2.15 bits per heavy atom. The molecule has 0 aliphatic carbocycles. The van der Waals surface area contributed by atoms with Gasteiger partial charge in [0.05, 0.1) is 11.5 Å². The van der Waals surface area contributed by atoms with Crippen LogP contribution < -0.4 is 4.74 Å². The molecule has 1 fully saturated rings. The predicted octanol–water partition coefficient (Wildman–Crippen LogP) is 1.71. The molecule has 0 saturated carbocycles. The average molecular weight is 295 g/mol. The minimum absolute atomic E-state index is 0.347. The molecule has 1 aromatic carbocycles. The summed E-state index contributed by atoms with van der Waals surface area (Å²) in [7, 11) is -2.75. The summed E-state index contributed by atoms with van der Waals surface area (Å²) in [6.45, 7) is 3.47. The average Bonchev–Trinajstić information content (AvgIpc) is 2.66. The van der Waals surface area contributed by atoms with Crippen molar-refractivity contribution in [2.45, 2.75) is 19.4 Å². The molecule has 1 aromatic rings. The van der Waals surface area contributed by atoms with Crippen LogP contribution in [0.5, 0.6) is 5.75 Å². The molecule has 1 saturated heterocycles. The van der Waals surface area contributed by atoms with Gasteiger partial charge >= 0.3 is 0 Å². The lowest BCUT2D eigenvalue weighted by Gasteiger charge is -2.20. The topological polar surface area (TPSA) is 46.6 Å². The van der Waals surface area contributed by atoms with Crippen molar-refractivity contribution in [3.8, 4) is 5.75 Å². The zero-order valence-corrected chi connectivity index (χ0v) is 12.4. The lowest BCUT2D eigenvalue weighted by Crippen LogP contribution is -2.28. The number of nitrogens with zero attached hydrogens (tertiary/aromatic N) is 1. The first-order valence-electron chi connectivity index (χ1n) is 7.26. The van der Waals surface area contributed by atoms with Crippen molar-refractivity contribution in [3.63, 3.8) is 0 Å². The molecule has 1 atom stereocenters. The Kier molecular flexibility index (Phi) is 3.98. The van der Waals surface area contributed by atoms with E-state index in [9.17, 15) is 8.42 Å². The van der Waals surface area contributed by atoms with Crippen LogP contribution in [-0.2, 0) is 16.4 Å². The molecule has 110 valence electrons. The van der Waals surface area contributed by atoms with Gasteiger partial charge in [-0.25, -0.2) is 8.42 Å². The second-order valence-corrected chi connectivity index (χ2v) is 8.02. The first-order chi connectivity index (χ1) is 9.62. The quantitative estimate of drug-likeness (QED) is 0.851. The van der Waals surface area contributed by atoms with Gasteiger partial charge in [0.25, 0.3) is 0 Å². The van der Waals surface area contributed by atoms with Gasteiger partial charge < -0.3 is 4.74 Å². The molecule has 0 N–H and O–H groups in total. The molecule has 2 aliphatic rings. The second-order valence-electron chi connectivity index (χ2n) is 5.79. The number of benzene rings is 1. The van der Waals surface area contributed by atoms with Crippen molar-refractivity contribution < 1.29 is 13.2 Å². The van der Waals surface area contributed by atoms with Crippen LogP contribution >= 0.6 is 0 Å². The fourth-order valence-electron chi connectivity index (χ4n) is 3.04. The monoisotopic (exact) mass is 295 g/mol. The van der Waals surface area contributed by atoms with Crippen LogP contribution in [0.3, 0.4) is 0 Å². The zero-order chi connectivity index (χ0) is 14.0. The van der Waals surface area contributed by atoms with Crippen LogP contribution in [0, 0.1) is 5.92 Å². The van der Waals surface area contributed by atoms with E-state index in [4.69, 9.17) is 4.74 Å². The fraction of sp³-hybridized carbons (Fsp3) is 0.600. The van der Waals surface area contributed by atoms with Crippen molar-refractivity contribution in [3.05, 3.63) is 29.8 Å². The molecule has 0 radical (unpaired) electrons. The lowest BCUT2D eigenvalue weighted by atomic mass is 10.0. The standard InChI is InChI=1S/C15H21NO3S/c17-20(18)10-6-13(12-20)5-7-16-8-9-19-15-4-2-1-3-14(15)11-16/h1-4,13H,5-12H2/t13-/m1/s1. The first kappa shape index (κ1) is 13.9. The summed E-state index contributed by atoms with van der Waals surface area (Å²) in [4.78, 5) is 2.37. The molecular weight excluding hydrogens is 274 g/mol. The highest BCUT2D eigenvalue weighted by molar-refractivity contribution is 7.91. The molecule has 4 nitrogen and oxygen atoms in total. The van der Waals surface area contributed by atoms with Gasteiger partial charge in [-0.1, -0.05) is 18.2 Å². The van der Waals surface area contributed by atoms with Crippen LogP contribution in [0.2, 0.25) is 0 Å². The Labute approximate surface area is 120 Å². The minimum Gasteiger partial charge on any atom is -0.492 e. The maximum atomic E-state index is 11.5. The van der Waals surface area contributed by atoms with Crippen molar-refractivity contribution in [2.75, 3.05) is 31.2 Å². The number of rotatable bonds is 3. The van der Waals surface area contributed by atoms with E-state index in [2.05, 4.69) is 11.0 Å². The van der Waals surface area contributed by atoms with Gasteiger partial charge in [0.15, 0.2) is 9.84 Å². The van der Waals surface area contributed by atoms with Crippen LogP contribution in [-0.4, -0.2) is 44.5 Å². The number of fused-ring (bicyclic) bond motifs is 1. The van der Waals surface area contributed by atoms with E-state index in [1.807, 2.05) is 18.2 Å². The third kappa shape index (κ3) is 3.33. The highest BCUT2D eigenvalue weighted by Gasteiger charge is 2.28. The summed E-state index contributed by atoms with van der Waals surface area (Å²) in [6.07, 6.45) is 1.81. The number of sulfone groups is 1. The van der Waals surface area contributed by atoms with Crippen molar-refractivity contribution in [1.82, 2.24) is 4.90 Å². The van der Waals surface area contributed by atoms with Gasteiger partial charge in [0, 0.05) is 18.7 Å². The number of hydrogen-bond donors (Lipinski definition) is 0. The highest BCUT2D eigenvalue weighted by Crippen LogP contribution is 2.25. The third-order valence-corrected chi connectivity index (χ3v) is 6.05. The predicted molar refractivity (Wildman–Crippen MR) is 78.6 cm³/mol. The van der Waals surface area contributed by atoms with E-state index in [1.54, 1.807) is 0 Å². The molecule has 0 amide bonds. The lowest BCUT2D eigenvalue weighted by molar-refractivity contribution is 0.215. The van der Waals surface area contributed by atoms with E-state index < -0.39 is 9.84 Å². The van der Waals surface area contributed by atoms with E-state index >= 15 is 0 Å². The normalized spacial score (nSPS) is 25.7. The molecule has 0 spiro atoms. The van der Waals surface area contributed by atoms with Crippen molar-refractivity contribution >= 4 is 9.84 Å². The zero-order valence-electron chi connectivity index (χ0n) is 11.6. The van der Waals surface area contributed by atoms with Crippen LogP contribution in [0.4, 0.5) is 0 Å². The molecular formula is C15H21NO3S. The van der Waals surface area contributed by atoms with Gasteiger partial charge in [0.1, 0.15) is 12.4 Å². The Morgan fingerprint density at radius 1 is 1.30 bits per heavy atom. The van der Waals surface area contributed by atoms with E-state index in [0.29, 0.717) is 24.0 Å². The van der Waals surface area contributed by atoms with Gasteiger partial charge in [-0.2, -0.15) is 0 Å². The molecule has 3 rings (SSSR count). The van der Waals surface area contributed by atoms with E-state index in [0.717, 1.165) is 38.2 Å².